The number of hydrogen-bond acceptors (Lipinski definition) is 10. The van der Waals surface area contributed by atoms with Gasteiger partial charge in [0.15, 0.2) is 17.3 Å². The maximum atomic E-state index is 14.9. The highest BCUT2D eigenvalue weighted by Gasteiger charge is 2.47. The zero-order valence-corrected chi connectivity index (χ0v) is 33.3. The van der Waals surface area contributed by atoms with Crippen molar-refractivity contribution in [1.82, 2.24) is 20.2 Å². The predicted molar refractivity (Wildman–Crippen MR) is 208 cm³/mol. The molecular weight excluding hydrogens is 711 g/mol. The van der Waals surface area contributed by atoms with Crippen LogP contribution in [0.1, 0.15) is 127 Å². The van der Waals surface area contributed by atoms with Gasteiger partial charge in [-0.25, -0.2) is 4.98 Å². The molecule has 3 aliphatic rings. The summed E-state index contributed by atoms with van der Waals surface area (Å²) in [7, 11) is 0. The predicted octanol–water partition coefficient (Wildman–Crippen LogP) is 6.21. The van der Waals surface area contributed by atoms with E-state index >= 15 is 0 Å². The Balaban J connectivity index is 1.40. The molecule has 0 unspecified atom stereocenters. The second-order valence-electron chi connectivity index (χ2n) is 17.1. The molecule has 300 valence electrons. The lowest BCUT2D eigenvalue weighted by molar-refractivity contribution is -0.147. The Hall–Kier alpha value is -4.79. The van der Waals surface area contributed by atoms with E-state index in [1.165, 1.54) is 23.5 Å². The lowest BCUT2D eigenvalue weighted by Crippen LogP contribution is -2.51. The molecule has 0 bridgehead atoms. The first-order valence-corrected chi connectivity index (χ1v) is 20.4. The first kappa shape index (κ1) is 42.4. The Morgan fingerprint density at radius 2 is 1.70 bits per heavy atom. The van der Waals surface area contributed by atoms with Crippen LogP contribution >= 0.6 is 0 Å². The van der Waals surface area contributed by atoms with E-state index < -0.39 is 52.9 Å². The zero-order chi connectivity index (χ0) is 40.4. The van der Waals surface area contributed by atoms with Crippen LogP contribution in [0.3, 0.4) is 0 Å². The Bertz CT molecular complexity index is 1760. The summed E-state index contributed by atoms with van der Waals surface area (Å²) in [5, 5.41) is 12.0. The van der Waals surface area contributed by atoms with E-state index in [-0.39, 0.29) is 73.7 Å². The fourth-order valence-electron chi connectivity index (χ4n) is 8.22. The summed E-state index contributed by atoms with van der Waals surface area (Å²) >= 11 is 0. The second kappa shape index (κ2) is 19.4. The van der Waals surface area contributed by atoms with E-state index in [0.29, 0.717) is 18.6 Å². The number of ether oxygens (including phenoxy) is 1. The van der Waals surface area contributed by atoms with E-state index in [9.17, 15) is 28.8 Å². The third kappa shape index (κ3) is 11.4. The van der Waals surface area contributed by atoms with Crippen molar-refractivity contribution in [1.29, 1.82) is 5.26 Å². The van der Waals surface area contributed by atoms with Crippen molar-refractivity contribution >= 4 is 34.9 Å². The maximum absolute atomic E-state index is 14.9. The average Bonchev–Trinajstić information content (AvgIpc) is 3.91. The van der Waals surface area contributed by atoms with Crippen molar-refractivity contribution in [2.45, 2.75) is 136 Å². The van der Waals surface area contributed by atoms with Crippen molar-refractivity contribution in [2.75, 3.05) is 6.54 Å². The molecule has 12 heteroatoms. The van der Waals surface area contributed by atoms with Crippen LogP contribution in [0.25, 0.3) is 0 Å². The number of nitrogens with one attached hydrogen (secondary N) is 1. The number of carbonyl (C=O) groups excluding carboxylic acids is 6. The van der Waals surface area contributed by atoms with Crippen LogP contribution in [0, 0.1) is 40.4 Å². The van der Waals surface area contributed by atoms with Crippen LogP contribution in [0.5, 0.6) is 5.75 Å². The number of nitriles is 1. The number of nitrogens with zero attached hydrogens (tertiary/aromatic N) is 4. The Morgan fingerprint density at radius 3 is 2.30 bits per heavy atom. The smallest absolute Gasteiger partial charge is 0.272 e. The molecule has 56 heavy (non-hydrogen) atoms. The molecule has 12 nitrogen and oxygen atoms in total. The second-order valence-corrected chi connectivity index (χ2v) is 17.1. The minimum atomic E-state index is -0.929. The Morgan fingerprint density at radius 1 is 0.982 bits per heavy atom. The number of amides is 2. The largest absolute Gasteiger partial charge is 0.488 e. The third-order valence-corrected chi connectivity index (χ3v) is 11.6. The van der Waals surface area contributed by atoms with Gasteiger partial charge >= 0.3 is 0 Å². The summed E-state index contributed by atoms with van der Waals surface area (Å²) in [6, 6.07) is 7.48. The van der Waals surface area contributed by atoms with E-state index in [0.717, 1.165) is 50.5 Å². The van der Waals surface area contributed by atoms with Gasteiger partial charge in [0.05, 0.1) is 37.3 Å². The van der Waals surface area contributed by atoms with Gasteiger partial charge in [0.25, 0.3) is 5.91 Å². The number of carbonyl (C=O) groups is 6. The molecular formula is C44H57N5O7. The van der Waals surface area contributed by atoms with Crippen LogP contribution < -0.4 is 10.1 Å². The van der Waals surface area contributed by atoms with E-state index in [2.05, 4.69) is 21.4 Å². The average molecular weight is 768 g/mol. The van der Waals surface area contributed by atoms with Gasteiger partial charge < -0.3 is 15.0 Å². The highest BCUT2D eigenvalue weighted by Crippen LogP contribution is 2.37. The van der Waals surface area contributed by atoms with Crippen LogP contribution in [-0.2, 0) is 30.4 Å². The van der Waals surface area contributed by atoms with Gasteiger partial charge in [-0.3, -0.25) is 33.8 Å². The number of rotatable bonds is 19. The van der Waals surface area contributed by atoms with Crippen LogP contribution in [0.2, 0.25) is 0 Å². The monoisotopic (exact) mass is 767 g/mol. The van der Waals surface area contributed by atoms with Gasteiger partial charge in [-0.05, 0) is 67.1 Å². The number of benzene rings is 1. The quantitative estimate of drug-likeness (QED) is 0.162. The molecule has 1 aromatic carbocycles. The molecule has 1 saturated heterocycles. The summed E-state index contributed by atoms with van der Waals surface area (Å²) in [5.41, 5.74) is 0.219. The van der Waals surface area contributed by atoms with Crippen molar-refractivity contribution in [3.05, 3.63) is 54.1 Å². The number of aromatic nitrogens is 2. The highest BCUT2D eigenvalue weighted by atomic mass is 16.5. The van der Waals surface area contributed by atoms with Crippen molar-refractivity contribution in [3.8, 4) is 11.8 Å². The molecule has 2 heterocycles. The van der Waals surface area contributed by atoms with E-state index in [1.54, 1.807) is 24.3 Å². The van der Waals surface area contributed by atoms with Gasteiger partial charge in [0.2, 0.25) is 11.7 Å². The number of Topliss-reactive ketones (excluding diaryl/α,β-unsaturated/α-hetero) is 4. The topological polar surface area (TPSA) is 176 Å². The summed E-state index contributed by atoms with van der Waals surface area (Å²) in [6.45, 7) is 7.66. The van der Waals surface area contributed by atoms with Crippen LogP contribution in [0.4, 0.5) is 0 Å². The Labute approximate surface area is 330 Å². The molecule has 1 aromatic heterocycles. The lowest BCUT2D eigenvalue weighted by atomic mass is 9.74. The molecule has 2 aliphatic carbocycles. The minimum Gasteiger partial charge on any atom is -0.488 e. The molecule has 5 rings (SSSR count). The molecule has 0 spiro atoms. The highest BCUT2D eigenvalue weighted by molar-refractivity contribution is 6.38. The zero-order valence-electron chi connectivity index (χ0n) is 33.3. The molecule has 0 radical (unpaired) electrons. The maximum Gasteiger partial charge on any atom is 0.272 e. The first-order valence-electron chi connectivity index (χ1n) is 20.4. The van der Waals surface area contributed by atoms with Crippen LogP contribution in [-0.4, -0.2) is 74.5 Å². The fraction of sp³-hybridized carbons (Fsp3) is 0.614. The molecule has 2 saturated carbocycles. The molecule has 3 fully saturated rings. The normalized spacial score (nSPS) is 20.3. The first-order chi connectivity index (χ1) is 26.8. The van der Waals surface area contributed by atoms with E-state index in [4.69, 9.17) is 10.00 Å². The molecule has 2 aromatic rings. The SMILES string of the molecule is CCC[C@H](CC(=O)[C@@H]1C[C@@H](Oc2ccc(CC#N)cc2)CN1C(=O)[C@@H](CC(=O)[C@@H](NC(=O)c1cnccn1)C1CCCCC1)C(C)(C)C)C(=O)C(=O)CC1CC1. The van der Waals surface area contributed by atoms with Gasteiger partial charge in [0.1, 0.15) is 17.5 Å². The van der Waals surface area contributed by atoms with Crippen LogP contribution in [0.15, 0.2) is 42.9 Å². The third-order valence-electron chi connectivity index (χ3n) is 11.6. The van der Waals surface area contributed by atoms with Gasteiger partial charge in [-0.2, -0.15) is 5.26 Å². The number of likely N-dealkylation sites (tertiary alicyclic amines) is 1. The molecule has 1 aliphatic heterocycles. The number of hydrogen-bond donors (Lipinski definition) is 1. The van der Waals surface area contributed by atoms with Crippen molar-refractivity contribution in [2.24, 2.45) is 29.1 Å². The fourth-order valence-corrected chi connectivity index (χ4v) is 8.22. The van der Waals surface area contributed by atoms with E-state index in [1.807, 2.05) is 27.7 Å². The number of ketones is 4. The van der Waals surface area contributed by atoms with Gasteiger partial charge in [-0.1, -0.05) is 65.5 Å². The summed E-state index contributed by atoms with van der Waals surface area (Å²) in [6.07, 6.45) is 11.3. The van der Waals surface area contributed by atoms with Gasteiger partial charge in [-0.15, -0.1) is 0 Å². The lowest BCUT2D eigenvalue weighted by Gasteiger charge is -2.36. The Kier molecular flexibility index (Phi) is 14.7. The van der Waals surface area contributed by atoms with Crippen molar-refractivity contribution < 1.29 is 33.5 Å². The summed E-state index contributed by atoms with van der Waals surface area (Å²) < 4.78 is 6.33. The van der Waals surface area contributed by atoms with Crippen molar-refractivity contribution in [3.63, 3.8) is 0 Å². The van der Waals surface area contributed by atoms with Gasteiger partial charge in [0, 0.05) is 49.9 Å². The molecule has 2 amide bonds. The standard InChI is InChI=1S/C44H57N5O7/c1-5-9-31(41(53)39(52)22-29-12-13-29)23-37(50)36-24-33(56-32-16-14-28(15-17-32)18-19-45)27-49(36)43(55)34(44(2,3)4)25-38(51)40(30-10-7-6-8-11-30)48-42(54)35-26-46-20-21-47-35/h14-17,20-21,26,29-31,33-34,36,40H,5-13,18,22-25,27H2,1-4H3,(H,48,54)/t31-,33-,34-,36+,40+/m1/s1. The molecule has 1 N–H and O–H groups in total. The summed E-state index contributed by atoms with van der Waals surface area (Å²) in [4.78, 5) is 92.8. The summed E-state index contributed by atoms with van der Waals surface area (Å²) in [5.74, 6) is -3.31. The molecule has 5 atom stereocenters. The minimum absolute atomic E-state index is 0.0818.